The number of nitrogens with zero attached hydrogens (tertiary/aromatic N) is 1. The highest BCUT2D eigenvalue weighted by Crippen LogP contribution is 2.27. The van der Waals surface area contributed by atoms with E-state index in [4.69, 9.17) is 4.74 Å². The van der Waals surface area contributed by atoms with E-state index in [9.17, 15) is 9.90 Å². The van der Waals surface area contributed by atoms with Gasteiger partial charge in [0.05, 0.1) is 6.04 Å². The molecule has 0 bridgehead atoms. The monoisotopic (exact) mass is 237 g/mol. The molecule has 1 N–H and O–H groups in total. The number of phenolic OH excluding ortho intramolecular Hbond substituents is 1. The third kappa shape index (κ3) is 2.97. The Balaban J connectivity index is 2.87. The Morgan fingerprint density at radius 3 is 2.47 bits per heavy atom. The van der Waals surface area contributed by atoms with Gasteiger partial charge in [0.15, 0.2) is 0 Å². The van der Waals surface area contributed by atoms with Crippen LogP contribution in [0.5, 0.6) is 5.75 Å². The number of likely N-dealkylation sites (N-methyl/N-ethyl adjacent to an activating group) is 1. The van der Waals surface area contributed by atoms with Crippen LogP contribution in [0.1, 0.15) is 25.5 Å². The lowest BCUT2D eigenvalue weighted by molar-refractivity contribution is -0.141. The van der Waals surface area contributed by atoms with Crippen LogP contribution in [0.2, 0.25) is 0 Å². The molecule has 1 amide bonds. The zero-order valence-electron chi connectivity index (χ0n) is 10.7. The molecule has 2 atom stereocenters. The minimum Gasteiger partial charge on any atom is -0.508 e. The van der Waals surface area contributed by atoms with Gasteiger partial charge in [-0.15, -0.1) is 0 Å². The molecule has 0 fully saturated rings. The molecule has 17 heavy (non-hydrogen) atoms. The van der Waals surface area contributed by atoms with Crippen molar-refractivity contribution in [1.82, 2.24) is 4.90 Å². The molecule has 94 valence electrons. The summed E-state index contributed by atoms with van der Waals surface area (Å²) in [4.78, 5) is 13.5. The second kappa shape index (κ2) is 5.68. The van der Waals surface area contributed by atoms with E-state index in [2.05, 4.69) is 0 Å². The Bertz CT molecular complexity index is 392. The highest BCUT2D eigenvalue weighted by atomic mass is 16.5. The summed E-state index contributed by atoms with van der Waals surface area (Å²) >= 11 is 0. The molecular formula is C13H19NO3. The minimum atomic E-state index is -0.478. The number of rotatable bonds is 4. The number of carbonyl (C=O) groups excluding carboxylic acids is 1. The summed E-state index contributed by atoms with van der Waals surface area (Å²) in [5.74, 6) is 0.0907. The van der Waals surface area contributed by atoms with E-state index in [1.807, 2.05) is 13.0 Å². The Labute approximate surface area is 102 Å². The molecule has 4 heteroatoms. The van der Waals surface area contributed by atoms with Crippen LogP contribution in [-0.4, -0.2) is 36.2 Å². The number of phenols is 1. The second-order valence-corrected chi connectivity index (χ2v) is 4.06. The average Bonchev–Trinajstić information content (AvgIpc) is 2.35. The lowest BCUT2D eigenvalue weighted by Gasteiger charge is -2.27. The Morgan fingerprint density at radius 1 is 1.35 bits per heavy atom. The smallest absolute Gasteiger partial charge is 0.251 e. The topological polar surface area (TPSA) is 49.8 Å². The Morgan fingerprint density at radius 2 is 1.94 bits per heavy atom. The van der Waals surface area contributed by atoms with Crippen molar-refractivity contribution in [3.8, 4) is 5.75 Å². The summed E-state index contributed by atoms with van der Waals surface area (Å²) in [5, 5.41) is 9.74. The fraction of sp³-hybridized carbons (Fsp3) is 0.462. The first kappa shape index (κ1) is 13.5. The quantitative estimate of drug-likeness (QED) is 0.870. The highest BCUT2D eigenvalue weighted by Gasteiger charge is 2.23. The fourth-order valence-corrected chi connectivity index (χ4v) is 1.63. The van der Waals surface area contributed by atoms with E-state index in [0.29, 0.717) is 0 Å². The zero-order valence-corrected chi connectivity index (χ0v) is 10.7. The number of para-hydroxylation sites is 1. The number of hydrogen-bond acceptors (Lipinski definition) is 3. The van der Waals surface area contributed by atoms with Crippen molar-refractivity contribution in [2.45, 2.75) is 26.0 Å². The number of hydrogen-bond donors (Lipinski definition) is 1. The molecule has 0 aliphatic carbocycles. The van der Waals surface area contributed by atoms with Crippen LogP contribution in [0.15, 0.2) is 24.3 Å². The minimum absolute atomic E-state index is 0.108. The number of methoxy groups -OCH3 is 1. The van der Waals surface area contributed by atoms with Crippen LogP contribution in [0.4, 0.5) is 0 Å². The van der Waals surface area contributed by atoms with E-state index in [-0.39, 0.29) is 17.7 Å². The number of carbonyl (C=O) groups is 1. The zero-order chi connectivity index (χ0) is 13.0. The van der Waals surface area contributed by atoms with Gasteiger partial charge >= 0.3 is 0 Å². The summed E-state index contributed by atoms with van der Waals surface area (Å²) in [6.45, 7) is 3.58. The molecular weight excluding hydrogens is 218 g/mol. The van der Waals surface area contributed by atoms with Crippen molar-refractivity contribution < 1.29 is 14.6 Å². The van der Waals surface area contributed by atoms with Gasteiger partial charge in [-0.05, 0) is 19.9 Å². The van der Waals surface area contributed by atoms with E-state index in [1.165, 1.54) is 7.11 Å². The average molecular weight is 237 g/mol. The molecule has 0 aromatic heterocycles. The molecule has 0 heterocycles. The molecule has 1 aromatic rings. The van der Waals surface area contributed by atoms with Gasteiger partial charge in [-0.2, -0.15) is 0 Å². The van der Waals surface area contributed by atoms with Crippen LogP contribution in [0.25, 0.3) is 0 Å². The highest BCUT2D eigenvalue weighted by molar-refractivity contribution is 5.80. The Kier molecular flexibility index (Phi) is 4.52. The maximum Gasteiger partial charge on any atom is 0.251 e. The third-order valence-corrected chi connectivity index (χ3v) is 3.02. The Hall–Kier alpha value is -1.55. The van der Waals surface area contributed by atoms with Crippen LogP contribution in [0, 0.1) is 0 Å². The number of benzene rings is 1. The van der Waals surface area contributed by atoms with Crippen molar-refractivity contribution in [3.05, 3.63) is 29.8 Å². The predicted molar refractivity (Wildman–Crippen MR) is 65.8 cm³/mol. The van der Waals surface area contributed by atoms with Crippen LogP contribution >= 0.6 is 0 Å². The summed E-state index contributed by atoms with van der Waals surface area (Å²) < 4.78 is 5.00. The molecule has 0 radical (unpaired) electrons. The van der Waals surface area contributed by atoms with Gasteiger partial charge < -0.3 is 14.7 Å². The summed E-state index contributed by atoms with van der Waals surface area (Å²) in [7, 11) is 3.20. The summed E-state index contributed by atoms with van der Waals surface area (Å²) in [5.41, 5.74) is 0.728. The van der Waals surface area contributed by atoms with Crippen molar-refractivity contribution in [3.63, 3.8) is 0 Å². The lowest BCUT2D eigenvalue weighted by Crippen LogP contribution is -2.37. The van der Waals surface area contributed by atoms with Crippen molar-refractivity contribution in [2.75, 3.05) is 14.2 Å². The first-order valence-electron chi connectivity index (χ1n) is 5.56. The van der Waals surface area contributed by atoms with E-state index in [0.717, 1.165) is 5.56 Å². The van der Waals surface area contributed by atoms with Gasteiger partial charge in [0.1, 0.15) is 11.9 Å². The molecule has 0 aliphatic rings. The maximum absolute atomic E-state index is 11.9. The van der Waals surface area contributed by atoms with Gasteiger partial charge in [-0.3, -0.25) is 4.79 Å². The second-order valence-electron chi connectivity index (χ2n) is 4.06. The molecule has 0 saturated heterocycles. The standard InChI is InChI=1S/C13H19NO3/c1-9(11-7-5-6-8-12(11)15)14(3)13(16)10(2)17-4/h5-10,15H,1-4H3. The van der Waals surface area contributed by atoms with E-state index in [1.54, 1.807) is 37.1 Å². The third-order valence-electron chi connectivity index (χ3n) is 3.02. The van der Waals surface area contributed by atoms with Gasteiger partial charge in [-0.25, -0.2) is 0 Å². The largest absolute Gasteiger partial charge is 0.508 e. The number of aromatic hydroxyl groups is 1. The van der Waals surface area contributed by atoms with Crippen molar-refractivity contribution in [2.24, 2.45) is 0 Å². The SMILES string of the molecule is COC(C)C(=O)N(C)C(C)c1ccccc1O. The lowest BCUT2D eigenvalue weighted by atomic mass is 10.1. The molecule has 0 aliphatic heterocycles. The van der Waals surface area contributed by atoms with Crippen LogP contribution in [-0.2, 0) is 9.53 Å². The number of amides is 1. The van der Waals surface area contributed by atoms with Gasteiger partial charge in [0.25, 0.3) is 5.91 Å². The van der Waals surface area contributed by atoms with E-state index < -0.39 is 6.10 Å². The molecule has 4 nitrogen and oxygen atoms in total. The number of ether oxygens (including phenoxy) is 1. The van der Waals surface area contributed by atoms with Crippen LogP contribution in [0.3, 0.4) is 0 Å². The van der Waals surface area contributed by atoms with Gasteiger partial charge in [0, 0.05) is 19.7 Å². The van der Waals surface area contributed by atoms with Gasteiger partial charge in [-0.1, -0.05) is 18.2 Å². The van der Waals surface area contributed by atoms with E-state index >= 15 is 0 Å². The molecule has 1 aromatic carbocycles. The van der Waals surface area contributed by atoms with Crippen molar-refractivity contribution in [1.29, 1.82) is 0 Å². The first-order valence-corrected chi connectivity index (χ1v) is 5.56. The maximum atomic E-state index is 11.9. The molecule has 1 rings (SSSR count). The molecule has 2 unspecified atom stereocenters. The normalized spacial score (nSPS) is 14.1. The fourth-order valence-electron chi connectivity index (χ4n) is 1.63. The molecule has 0 saturated carbocycles. The van der Waals surface area contributed by atoms with Crippen molar-refractivity contribution >= 4 is 5.91 Å². The summed E-state index contributed by atoms with van der Waals surface area (Å²) in [6, 6.07) is 6.82. The predicted octanol–water partition coefficient (Wildman–Crippen LogP) is 1.95. The van der Waals surface area contributed by atoms with Crippen LogP contribution < -0.4 is 0 Å². The molecule has 0 spiro atoms. The summed E-state index contributed by atoms with van der Waals surface area (Å²) in [6.07, 6.45) is -0.478. The van der Waals surface area contributed by atoms with Gasteiger partial charge in [0.2, 0.25) is 0 Å². The first-order chi connectivity index (χ1) is 7.99.